The Hall–Kier alpha value is -0.980. The van der Waals surface area contributed by atoms with Gasteiger partial charge in [-0.05, 0) is 6.20 Å². The number of hydrogen-bond donors (Lipinski definition) is 1. The molecule has 0 amide bonds. The second-order valence-electron chi connectivity index (χ2n) is 2.10. The van der Waals surface area contributed by atoms with Crippen LogP contribution in [0.1, 0.15) is 13.8 Å². The molecule has 2 unspecified atom stereocenters. The number of hydrogen-bond acceptors (Lipinski definition) is 1. The molecule has 1 nitrogen and oxygen atoms in total. The summed E-state index contributed by atoms with van der Waals surface area (Å²) in [5.74, 6) is 0.433. The van der Waals surface area contributed by atoms with Gasteiger partial charge in [-0.2, -0.15) is 0 Å². The fourth-order valence-corrected chi connectivity index (χ4v) is 0.959. The van der Waals surface area contributed by atoms with Crippen molar-refractivity contribution in [3.63, 3.8) is 0 Å². The van der Waals surface area contributed by atoms with E-state index in [4.69, 9.17) is 0 Å². The van der Waals surface area contributed by atoms with Crippen LogP contribution in [0.5, 0.6) is 0 Å². The molecule has 0 radical (unpaired) electrons. The van der Waals surface area contributed by atoms with Gasteiger partial charge in [-0.15, -0.1) is 13.2 Å². The van der Waals surface area contributed by atoms with E-state index in [0.717, 1.165) is 0 Å². The largest absolute Gasteiger partial charge is 0.384 e. The molecule has 1 aliphatic rings. The Bertz CT molecular complexity index is 147. The molecule has 1 rings (SSSR count). The van der Waals surface area contributed by atoms with Gasteiger partial charge in [0.25, 0.3) is 0 Å². The van der Waals surface area contributed by atoms with Crippen molar-refractivity contribution >= 4 is 0 Å². The molecule has 0 fully saturated rings. The van der Waals surface area contributed by atoms with E-state index in [1.54, 1.807) is 0 Å². The number of rotatable bonds is 2. The lowest BCUT2D eigenvalue weighted by Crippen LogP contribution is -2.22. The van der Waals surface area contributed by atoms with Gasteiger partial charge in [0.1, 0.15) is 0 Å². The Morgan fingerprint density at radius 2 is 1.91 bits per heavy atom. The predicted molar refractivity (Wildman–Crippen MR) is 51.3 cm³/mol. The molecule has 0 bridgehead atoms. The van der Waals surface area contributed by atoms with Crippen LogP contribution in [-0.4, -0.2) is 6.04 Å². The fourth-order valence-electron chi connectivity index (χ4n) is 0.959. The summed E-state index contributed by atoms with van der Waals surface area (Å²) in [5, 5.41) is 3.14. The van der Waals surface area contributed by atoms with Gasteiger partial charge in [-0.25, -0.2) is 0 Å². The third-order valence-electron chi connectivity index (χ3n) is 1.55. The summed E-state index contributed by atoms with van der Waals surface area (Å²) in [5.41, 5.74) is 0. The number of nitrogens with one attached hydrogen (secondary N) is 1. The zero-order valence-corrected chi connectivity index (χ0v) is 7.38. The SMILES string of the molecule is C=CC1C=CNC1C=C.CC. The molecule has 62 valence electrons. The zero-order chi connectivity index (χ0) is 8.69. The van der Waals surface area contributed by atoms with Crippen LogP contribution < -0.4 is 5.32 Å². The summed E-state index contributed by atoms with van der Waals surface area (Å²) >= 11 is 0. The monoisotopic (exact) mass is 151 g/mol. The van der Waals surface area contributed by atoms with Crippen molar-refractivity contribution in [3.8, 4) is 0 Å². The average molecular weight is 151 g/mol. The van der Waals surface area contributed by atoms with Crippen molar-refractivity contribution < 1.29 is 0 Å². The molecule has 0 aromatic carbocycles. The molecule has 1 aliphatic heterocycles. The topological polar surface area (TPSA) is 12.0 Å². The lowest BCUT2D eigenvalue weighted by molar-refractivity contribution is 0.658. The third-order valence-corrected chi connectivity index (χ3v) is 1.55. The maximum Gasteiger partial charge on any atom is 0.0534 e. The van der Waals surface area contributed by atoms with Crippen molar-refractivity contribution in [3.05, 3.63) is 37.6 Å². The van der Waals surface area contributed by atoms with Crippen LogP contribution in [0.3, 0.4) is 0 Å². The molecule has 1 heterocycles. The van der Waals surface area contributed by atoms with Gasteiger partial charge in [-0.1, -0.05) is 32.1 Å². The van der Waals surface area contributed by atoms with Crippen molar-refractivity contribution in [2.45, 2.75) is 19.9 Å². The second kappa shape index (κ2) is 5.78. The first kappa shape index (κ1) is 10.0. The average Bonchev–Trinajstić information content (AvgIpc) is 2.54. The van der Waals surface area contributed by atoms with E-state index < -0.39 is 0 Å². The molecule has 2 atom stereocenters. The highest BCUT2D eigenvalue weighted by Gasteiger charge is 2.14. The smallest absolute Gasteiger partial charge is 0.0534 e. The lowest BCUT2D eigenvalue weighted by Gasteiger charge is -2.10. The molecule has 0 aliphatic carbocycles. The summed E-state index contributed by atoms with van der Waals surface area (Å²) in [6, 6.07) is 0.363. The van der Waals surface area contributed by atoms with E-state index in [1.807, 2.05) is 32.2 Å². The quantitative estimate of drug-likeness (QED) is 0.598. The standard InChI is InChI=1S/C8H11N.C2H6/c1-3-7-5-6-9-8(7)4-2;1-2/h3-9H,1-2H2;1-2H3. The Morgan fingerprint density at radius 3 is 2.27 bits per heavy atom. The van der Waals surface area contributed by atoms with Crippen LogP contribution in [-0.2, 0) is 0 Å². The molecule has 0 aromatic heterocycles. The van der Waals surface area contributed by atoms with Gasteiger partial charge >= 0.3 is 0 Å². The zero-order valence-electron chi connectivity index (χ0n) is 7.38. The van der Waals surface area contributed by atoms with Gasteiger partial charge in [0, 0.05) is 5.92 Å². The first-order valence-electron chi connectivity index (χ1n) is 4.06. The van der Waals surface area contributed by atoms with Gasteiger partial charge in [0.2, 0.25) is 0 Å². The van der Waals surface area contributed by atoms with E-state index in [-0.39, 0.29) is 0 Å². The van der Waals surface area contributed by atoms with Crippen molar-refractivity contribution in [1.82, 2.24) is 5.32 Å². The van der Waals surface area contributed by atoms with Crippen molar-refractivity contribution in [1.29, 1.82) is 0 Å². The van der Waals surface area contributed by atoms with E-state index in [0.29, 0.717) is 12.0 Å². The second-order valence-corrected chi connectivity index (χ2v) is 2.10. The Balaban J connectivity index is 0.000000461. The Kier molecular flexibility index (Phi) is 5.26. The molecule has 1 heteroatoms. The van der Waals surface area contributed by atoms with Crippen LogP contribution in [0.4, 0.5) is 0 Å². The van der Waals surface area contributed by atoms with Gasteiger partial charge < -0.3 is 5.32 Å². The molecule has 11 heavy (non-hydrogen) atoms. The summed E-state index contributed by atoms with van der Waals surface area (Å²) in [6.45, 7) is 11.4. The van der Waals surface area contributed by atoms with E-state index >= 15 is 0 Å². The van der Waals surface area contributed by atoms with Crippen molar-refractivity contribution in [2.75, 3.05) is 0 Å². The highest BCUT2D eigenvalue weighted by atomic mass is 14.9. The minimum Gasteiger partial charge on any atom is -0.384 e. The summed E-state index contributed by atoms with van der Waals surface area (Å²) < 4.78 is 0. The molecular formula is C10H17N. The molecule has 0 spiro atoms. The molecular weight excluding hydrogens is 134 g/mol. The normalized spacial score (nSPS) is 26.4. The third kappa shape index (κ3) is 2.62. The first-order chi connectivity index (χ1) is 5.38. The summed E-state index contributed by atoms with van der Waals surface area (Å²) in [6.07, 6.45) is 7.84. The highest BCUT2D eigenvalue weighted by Crippen LogP contribution is 2.12. The van der Waals surface area contributed by atoms with Crippen molar-refractivity contribution in [2.24, 2.45) is 5.92 Å². The predicted octanol–water partition coefficient (Wildman–Crippen LogP) is 2.49. The maximum absolute atomic E-state index is 3.70. The molecule has 0 saturated carbocycles. The fraction of sp³-hybridized carbons (Fsp3) is 0.400. The molecule has 1 N–H and O–H groups in total. The van der Waals surface area contributed by atoms with E-state index in [1.165, 1.54) is 0 Å². The molecule has 0 aromatic rings. The van der Waals surface area contributed by atoms with Gasteiger partial charge in [0.15, 0.2) is 0 Å². The maximum atomic E-state index is 3.70. The first-order valence-corrected chi connectivity index (χ1v) is 4.06. The minimum absolute atomic E-state index is 0.363. The minimum atomic E-state index is 0.363. The van der Waals surface area contributed by atoms with Gasteiger partial charge in [-0.3, -0.25) is 0 Å². The van der Waals surface area contributed by atoms with Gasteiger partial charge in [0.05, 0.1) is 6.04 Å². The Morgan fingerprint density at radius 1 is 1.27 bits per heavy atom. The van der Waals surface area contributed by atoms with E-state index in [2.05, 4.69) is 24.6 Å². The lowest BCUT2D eigenvalue weighted by atomic mass is 10.0. The molecule has 0 saturated heterocycles. The highest BCUT2D eigenvalue weighted by molar-refractivity contribution is 5.14. The Labute approximate surface area is 69.5 Å². The van der Waals surface area contributed by atoms with Crippen LogP contribution in [0.25, 0.3) is 0 Å². The van der Waals surface area contributed by atoms with Crippen LogP contribution in [0.2, 0.25) is 0 Å². The van der Waals surface area contributed by atoms with E-state index in [9.17, 15) is 0 Å². The summed E-state index contributed by atoms with van der Waals surface area (Å²) in [4.78, 5) is 0. The van der Waals surface area contributed by atoms with Crippen LogP contribution in [0, 0.1) is 5.92 Å². The van der Waals surface area contributed by atoms with Crippen LogP contribution >= 0.6 is 0 Å². The van der Waals surface area contributed by atoms with Crippen LogP contribution in [0.15, 0.2) is 37.6 Å². The summed E-state index contributed by atoms with van der Waals surface area (Å²) in [7, 11) is 0.